The number of carboxylic acid groups (broad SMARTS) is 1. The van der Waals surface area contributed by atoms with Gasteiger partial charge in [-0.1, -0.05) is 0 Å². The summed E-state index contributed by atoms with van der Waals surface area (Å²) in [5, 5.41) is 11.3. The summed E-state index contributed by atoms with van der Waals surface area (Å²) in [6.45, 7) is 3.45. The summed E-state index contributed by atoms with van der Waals surface area (Å²) in [7, 11) is 0. The van der Waals surface area contributed by atoms with Gasteiger partial charge >= 0.3 is 5.97 Å². The summed E-state index contributed by atoms with van der Waals surface area (Å²) in [5.74, 6) is -2.34. The molecule has 1 saturated heterocycles. The van der Waals surface area contributed by atoms with Gasteiger partial charge in [0.05, 0.1) is 12.0 Å². The van der Waals surface area contributed by atoms with Crippen LogP contribution in [-0.2, 0) is 9.59 Å². The second kappa shape index (κ2) is 5.97. The molecule has 22 heavy (non-hydrogen) atoms. The Morgan fingerprint density at radius 1 is 1.18 bits per heavy atom. The van der Waals surface area contributed by atoms with Crippen molar-refractivity contribution in [3.8, 4) is 0 Å². The highest BCUT2D eigenvalue weighted by atomic mass is 16.4. The molecule has 116 valence electrons. The first kappa shape index (κ1) is 15.7. The molecule has 0 bridgehead atoms. The van der Waals surface area contributed by atoms with E-state index in [1.165, 1.54) is 24.3 Å². The highest BCUT2D eigenvalue weighted by Gasteiger charge is 2.40. The Balaban J connectivity index is 2.08. The predicted octanol–water partition coefficient (Wildman–Crippen LogP) is 0.650. The van der Waals surface area contributed by atoms with Gasteiger partial charge in [-0.3, -0.25) is 19.3 Å². The fraction of sp³-hybridized carbons (Fsp3) is 0.333. The Bertz CT molecular complexity index is 636. The number of likely N-dealkylation sites (tertiary alicyclic amines) is 1. The summed E-state index contributed by atoms with van der Waals surface area (Å²) in [6, 6.07) is 4.21. The molecule has 0 radical (unpaired) electrons. The number of benzene rings is 1. The van der Waals surface area contributed by atoms with Crippen molar-refractivity contribution in [3.05, 3.63) is 35.4 Å². The van der Waals surface area contributed by atoms with Crippen LogP contribution in [0.1, 0.15) is 41.0 Å². The average molecular weight is 304 g/mol. The van der Waals surface area contributed by atoms with Gasteiger partial charge in [-0.25, -0.2) is 4.79 Å². The van der Waals surface area contributed by atoms with Crippen LogP contribution >= 0.6 is 0 Å². The number of amides is 3. The highest BCUT2D eigenvalue weighted by molar-refractivity contribution is 6.08. The quantitative estimate of drug-likeness (QED) is 0.795. The fourth-order valence-corrected chi connectivity index (χ4v) is 2.31. The molecule has 7 heteroatoms. The zero-order valence-corrected chi connectivity index (χ0v) is 12.2. The molecule has 3 amide bonds. The van der Waals surface area contributed by atoms with Crippen molar-refractivity contribution in [2.45, 2.75) is 32.4 Å². The molecule has 1 heterocycles. The number of nitrogens with one attached hydrogen (secondary N) is 1. The summed E-state index contributed by atoms with van der Waals surface area (Å²) < 4.78 is 0. The second-order valence-electron chi connectivity index (χ2n) is 5.31. The van der Waals surface area contributed by atoms with Gasteiger partial charge in [0.2, 0.25) is 5.91 Å². The second-order valence-corrected chi connectivity index (χ2v) is 5.31. The van der Waals surface area contributed by atoms with E-state index in [2.05, 4.69) is 5.32 Å². The van der Waals surface area contributed by atoms with E-state index < -0.39 is 23.8 Å². The van der Waals surface area contributed by atoms with Crippen LogP contribution in [0.25, 0.3) is 0 Å². The molecule has 1 unspecified atom stereocenters. The van der Waals surface area contributed by atoms with Crippen LogP contribution in [0.3, 0.4) is 0 Å². The van der Waals surface area contributed by atoms with Crippen molar-refractivity contribution in [1.82, 2.24) is 10.2 Å². The molecule has 1 atom stereocenters. The van der Waals surface area contributed by atoms with Crippen LogP contribution < -0.4 is 5.32 Å². The Kier molecular flexibility index (Phi) is 4.25. The van der Waals surface area contributed by atoms with Crippen molar-refractivity contribution >= 4 is 23.7 Å². The monoisotopic (exact) mass is 304 g/mol. The molecule has 2 rings (SSSR count). The topological polar surface area (TPSA) is 104 Å². The smallest absolute Gasteiger partial charge is 0.335 e. The zero-order chi connectivity index (χ0) is 16.4. The number of carboxylic acids is 1. The van der Waals surface area contributed by atoms with E-state index in [-0.39, 0.29) is 29.5 Å². The molecule has 1 aliphatic rings. The van der Waals surface area contributed by atoms with Gasteiger partial charge in [0.1, 0.15) is 6.04 Å². The lowest BCUT2D eigenvalue weighted by Crippen LogP contribution is -2.43. The van der Waals surface area contributed by atoms with E-state index in [9.17, 15) is 19.2 Å². The fourth-order valence-electron chi connectivity index (χ4n) is 2.31. The lowest BCUT2D eigenvalue weighted by atomic mass is 10.1. The van der Waals surface area contributed by atoms with Gasteiger partial charge in [0.25, 0.3) is 11.8 Å². The van der Waals surface area contributed by atoms with Gasteiger partial charge in [0, 0.05) is 11.6 Å². The maximum absolute atomic E-state index is 12.1. The summed E-state index contributed by atoms with van der Waals surface area (Å²) >= 11 is 0. The lowest BCUT2D eigenvalue weighted by Gasteiger charge is -2.19. The predicted molar refractivity (Wildman–Crippen MR) is 76.3 cm³/mol. The number of carbonyl (C=O) groups excluding carboxylic acids is 3. The standard InChI is InChI=1S/C15H16N2O5/c1-8(2)17-12(18)7-11(14(17)20)16-13(19)9-3-5-10(6-4-9)15(21)22/h3-6,8,11H,7H2,1-2H3,(H,16,19)(H,21,22). The third-order valence-corrected chi connectivity index (χ3v) is 3.40. The van der Waals surface area contributed by atoms with Crippen LogP contribution in [0.2, 0.25) is 0 Å². The minimum absolute atomic E-state index is 0.0596. The number of hydrogen-bond donors (Lipinski definition) is 2. The Morgan fingerprint density at radius 3 is 2.18 bits per heavy atom. The first-order chi connectivity index (χ1) is 10.3. The van der Waals surface area contributed by atoms with Crippen molar-refractivity contribution < 1.29 is 24.3 Å². The van der Waals surface area contributed by atoms with Crippen LogP contribution in [0.15, 0.2) is 24.3 Å². The summed E-state index contributed by atoms with van der Waals surface area (Å²) in [6.07, 6.45) is -0.0596. The van der Waals surface area contributed by atoms with E-state index in [0.29, 0.717) is 0 Å². The van der Waals surface area contributed by atoms with E-state index in [1.54, 1.807) is 13.8 Å². The summed E-state index contributed by atoms with van der Waals surface area (Å²) in [5.41, 5.74) is 0.294. The molecule has 1 aliphatic heterocycles. The van der Waals surface area contributed by atoms with Crippen LogP contribution in [0.5, 0.6) is 0 Å². The summed E-state index contributed by atoms with van der Waals surface area (Å²) in [4.78, 5) is 47.8. The molecule has 0 saturated carbocycles. The van der Waals surface area contributed by atoms with Crippen LogP contribution in [-0.4, -0.2) is 45.8 Å². The minimum atomic E-state index is -1.09. The molecule has 1 fully saturated rings. The Labute approximate surface area is 126 Å². The lowest BCUT2D eigenvalue weighted by molar-refractivity contribution is -0.140. The van der Waals surface area contributed by atoms with E-state index in [1.807, 2.05) is 0 Å². The first-order valence-corrected chi connectivity index (χ1v) is 6.81. The molecule has 0 aliphatic carbocycles. The van der Waals surface area contributed by atoms with Crippen molar-refractivity contribution in [2.75, 3.05) is 0 Å². The van der Waals surface area contributed by atoms with Gasteiger partial charge in [-0.05, 0) is 38.1 Å². The first-order valence-electron chi connectivity index (χ1n) is 6.81. The number of nitrogens with zero attached hydrogens (tertiary/aromatic N) is 1. The van der Waals surface area contributed by atoms with Gasteiger partial charge < -0.3 is 10.4 Å². The highest BCUT2D eigenvalue weighted by Crippen LogP contribution is 2.16. The number of aromatic carboxylic acids is 1. The van der Waals surface area contributed by atoms with Crippen molar-refractivity contribution in [2.24, 2.45) is 0 Å². The van der Waals surface area contributed by atoms with Crippen LogP contribution in [0.4, 0.5) is 0 Å². The number of imide groups is 1. The Hall–Kier alpha value is -2.70. The van der Waals surface area contributed by atoms with Gasteiger partial charge in [-0.2, -0.15) is 0 Å². The van der Waals surface area contributed by atoms with Gasteiger partial charge in [0.15, 0.2) is 0 Å². The number of hydrogen-bond acceptors (Lipinski definition) is 4. The molecule has 7 nitrogen and oxygen atoms in total. The average Bonchev–Trinajstić information content (AvgIpc) is 2.73. The number of rotatable bonds is 4. The largest absolute Gasteiger partial charge is 0.478 e. The van der Waals surface area contributed by atoms with Gasteiger partial charge in [-0.15, -0.1) is 0 Å². The van der Waals surface area contributed by atoms with E-state index in [0.717, 1.165) is 4.90 Å². The SMILES string of the molecule is CC(C)N1C(=O)CC(NC(=O)c2ccc(C(=O)O)cc2)C1=O. The molecule has 1 aromatic rings. The molecular formula is C15H16N2O5. The third-order valence-electron chi connectivity index (χ3n) is 3.40. The Morgan fingerprint density at radius 2 is 1.73 bits per heavy atom. The van der Waals surface area contributed by atoms with Crippen molar-refractivity contribution in [1.29, 1.82) is 0 Å². The van der Waals surface area contributed by atoms with Crippen LogP contribution in [0, 0.1) is 0 Å². The van der Waals surface area contributed by atoms with E-state index in [4.69, 9.17) is 5.11 Å². The normalized spacial score (nSPS) is 18.0. The molecule has 2 N–H and O–H groups in total. The van der Waals surface area contributed by atoms with Crippen molar-refractivity contribution in [3.63, 3.8) is 0 Å². The third kappa shape index (κ3) is 2.98. The maximum atomic E-state index is 12.1. The van der Waals surface area contributed by atoms with E-state index >= 15 is 0 Å². The maximum Gasteiger partial charge on any atom is 0.335 e. The minimum Gasteiger partial charge on any atom is -0.478 e. The zero-order valence-electron chi connectivity index (χ0n) is 12.2. The molecule has 0 aromatic heterocycles. The molecule has 0 spiro atoms. The molecular weight excluding hydrogens is 288 g/mol. The number of carbonyl (C=O) groups is 4. The molecule has 1 aromatic carbocycles.